The Kier molecular flexibility index (Phi) is 5.93. The molecule has 1 saturated heterocycles. The van der Waals surface area contributed by atoms with E-state index in [2.05, 4.69) is 4.72 Å². The first-order chi connectivity index (χ1) is 12.8. The van der Waals surface area contributed by atoms with Gasteiger partial charge in [-0.2, -0.15) is 13.2 Å². The number of carbonyl (C=O) groups excluding carboxylic acids is 1. The summed E-state index contributed by atoms with van der Waals surface area (Å²) in [5.41, 5.74) is -0.730. The highest BCUT2D eigenvalue weighted by atomic mass is 32.2. The molecule has 0 aliphatic carbocycles. The van der Waals surface area contributed by atoms with Crippen LogP contribution >= 0.6 is 11.9 Å². The molecule has 144 valence electrons. The third-order valence-electron chi connectivity index (χ3n) is 3.98. The second-order valence-corrected chi connectivity index (χ2v) is 6.88. The highest BCUT2D eigenvalue weighted by molar-refractivity contribution is 7.97. The summed E-state index contributed by atoms with van der Waals surface area (Å²) in [5, 5.41) is 10.2. The predicted octanol–water partition coefficient (Wildman–Crippen LogP) is 4.47. The highest BCUT2D eigenvalue weighted by Gasteiger charge is 2.30. The molecule has 2 N–H and O–H groups in total. The average Bonchev–Trinajstić information content (AvgIpc) is 2.64. The van der Waals surface area contributed by atoms with E-state index in [1.807, 2.05) is 0 Å². The maximum Gasteiger partial charge on any atom is 0.416 e. The molecule has 3 rings (SSSR count). The zero-order valence-electron chi connectivity index (χ0n) is 14.1. The Morgan fingerprint density at radius 3 is 2.26 bits per heavy atom. The molecule has 27 heavy (non-hydrogen) atoms. The number of ether oxygens (including phenoxy) is 1. The van der Waals surface area contributed by atoms with Crippen LogP contribution in [0.25, 0.3) is 0 Å². The number of piperidine rings is 1. The SMILES string of the molecule is O=C1C(NSc2ccc(Oc3ccc(C(F)(F)F)cc3)cc2)CCCN1O. The maximum atomic E-state index is 12.6. The van der Waals surface area contributed by atoms with E-state index in [4.69, 9.17) is 4.74 Å². The molecule has 1 heterocycles. The van der Waals surface area contributed by atoms with Gasteiger partial charge in [0, 0.05) is 11.4 Å². The van der Waals surface area contributed by atoms with Crippen LogP contribution in [-0.4, -0.2) is 28.8 Å². The Hall–Kier alpha value is -2.23. The third-order valence-corrected chi connectivity index (χ3v) is 4.89. The van der Waals surface area contributed by atoms with Crippen molar-refractivity contribution in [1.29, 1.82) is 0 Å². The minimum Gasteiger partial charge on any atom is -0.457 e. The first-order valence-corrected chi connectivity index (χ1v) is 9.02. The van der Waals surface area contributed by atoms with Crippen molar-refractivity contribution in [1.82, 2.24) is 9.79 Å². The lowest BCUT2D eigenvalue weighted by Crippen LogP contribution is -2.47. The van der Waals surface area contributed by atoms with Gasteiger partial charge in [-0.1, -0.05) is 0 Å². The summed E-state index contributed by atoms with van der Waals surface area (Å²) in [7, 11) is 0. The average molecular weight is 398 g/mol. The summed E-state index contributed by atoms with van der Waals surface area (Å²) in [4.78, 5) is 12.6. The van der Waals surface area contributed by atoms with Crippen LogP contribution in [-0.2, 0) is 11.0 Å². The fraction of sp³-hybridized carbons (Fsp3) is 0.278. The number of alkyl halides is 3. The molecule has 0 bridgehead atoms. The van der Waals surface area contributed by atoms with Gasteiger partial charge in [0.05, 0.1) is 11.6 Å². The van der Waals surface area contributed by atoms with Crippen LogP contribution in [0, 0.1) is 0 Å². The molecule has 0 spiro atoms. The summed E-state index contributed by atoms with van der Waals surface area (Å²) < 4.78 is 46.2. The Labute approximate surface area is 158 Å². The molecule has 1 aliphatic rings. The Balaban J connectivity index is 1.55. The van der Waals surface area contributed by atoms with E-state index in [9.17, 15) is 23.2 Å². The Morgan fingerprint density at radius 2 is 1.67 bits per heavy atom. The number of amides is 1. The van der Waals surface area contributed by atoms with Crippen LogP contribution in [0.5, 0.6) is 11.5 Å². The van der Waals surface area contributed by atoms with Crippen LogP contribution in [0.15, 0.2) is 53.4 Å². The van der Waals surface area contributed by atoms with Gasteiger partial charge >= 0.3 is 6.18 Å². The minimum atomic E-state index is -4.38. The normalized spacial score (nSPS) is 17.9. The van der Waals surface area contributed by atoms with Crippen LogP contribution in [0.2, 0.25) is 0 Å². The smallest absolute Gasteiger partial charge is 0.416 e. The van der Waals surface area contributed by atoms with Gasteiger partial charge < -0.3 is 4.74 Å². The van der Waals surface area contributed by atoms with Crippen molar-refractivity contribution >= 4 is 17.9 Å². The molecule has 0 saturated carbocycles. The van der Waals surface area contributed by atoms with Crippen molar-refractivity contribution < 1.29 is 27.9 Å². The van der Waals surface area contributed by atoms with E-state index in [1.165, 1.54) is 24.1 Å². The maximum absolute atomic E-state index is 12.6. The molecule has 1 unspecified atom stereocenters. The minimum absolute atomic E-state index is 0.303. The number of carbonyl (C=O) groups is 1. The van der Waals surface area contributed by atoms with Crippen molar-refractivity contribution in [2.24, 2.45) is 0 Å². The third kappa shape index (κ3) is 5.15. The van der Waals surface area contributed by atoms with Crippen LogP contribution < -0.4 is 9.46 Å². The number of hydroxylamine groups is 2. The van der Waals surface area contributed by atoms with Crippen molar-refractivity contribution in [3.63, 3.8) is 0 Å². The van der Waals surface area contributed by atoms with Gasteiger partial charge in [0.15, 0.2) is 0 Å². The number of nitrogens with zero attached hydrogens (tertiary/aromatic N) is 1. The number of nitrogens with one attached hydrogen (secondary N) is 1. The summed E-state index contributed by atoms with van der Waals surface area (Å²) >= 11 is 1.26. The number of rotatable bonds is 5. The molecule has 1 amide bonds. The topological polar surface area (TPSA) is 61.8 Å². The molecule has 0 radical (unpaired) electrons. The van der Waals surface area contributed by atoms with Crippen LogP contribution in [0.4, 0.5) is 13.2 Å². The van der Waals surface area contributed by atoms with Gasteiger partial charge in [0.2, 0.25) is 0 Å². The van der Waals surface area contributed by atoms with Crippen molar-refractivity contribution in [3.8, 4) is 11.5 Å². The molecule has 9 heteroatoms. The van der Waals surface area contributed by atoms with E-state index in [0.717, 1.165) is 28.5 Å². The highest BCUT2D eigenvalue weighted by Crippen LogP contribution is 2.31. The van der Waals surface area contributed by atoms with Crippen LogP contribution in [0.1, 0.15) is 18.4 Å². The van der Waals surface area contributed by atoms with Gasteiger partial charge in [-0.3, -0.25) is 10.0 Å². The van der Waals surface area contributed by atoms with Crippen molar-refractivity contribution in [2.75, 3.05) is 6.54 Å². The first-order valence-electron chi connectivity index (χ1n) is 8.21. The lowest BCUT2D eigenvalue weighted by atomic mass is 10.1. The Morgan fingerprint density at radius 1 is 1.07 bits per heavy atom. The second-order valence-electron chi connectivity index (χ2n) is 5.97. The van der Waals surface area contributed by atoms with Gasteiger partial charge in [0.1, 0.15) is 11.5 Å². The number of halogens is 3. The zero-order chi connectivity index (χ0) is 19.4. The standard InChI is InChI=1S/C18H17F3N2O3S/c19-18(20,21)12-3-5-13(6-4-12)26-14-7-9-15(10-8-14)27-22-16-2-1-11-23(25)17(16)24/h3-10,16,22,25H,1-2,11H2. The van der Waals surface area contributed by atoms with Gasteiger partial charge in [-0.15, -0.1) is 0 Å². The summed E-state index contributed by atoms with van der Waals surface area (Å²) in [6, 6.07) is 10.9. The second kappa shape index (κ2) is 8.20. The number of hydrogen-bond donors (Lipinski definition) is 2. The van der Waals surface area contributed by atoms with Gasteiger partial charge in [-0.25, -0.2) is 9.79 Å². The predicted molar refractivity (Wildman–Crippen MR) is 93.5 cm³/mol. The van der Waals surface area contributed by atoms with E-state index in [0.29, 0.717) is 24.5 Å². The lowest BCUT2D eigenvalue weighted by molar-refractivity contribution is -0.172. The van der Waals surface area contributed by atoms with Crippen molar-refractivity contribution in [3.05, 3.63) is 54.1 Å². The molecule has 1 atom stereocenters. The van der Waals surface area contributed by atoms with E-state index >= 15 is 0 Å². The van der Waals surface area contributed by atoms with E-state index in [-0.39, 0.29) is 5.91 Å². The lowest BCUT2D eigenvalue weighted by Gasteiger charge is -2.27. The zero-order valence-corrected chi connectivity index (χ0v) is 14.9. The largest absolute Gasteiger partial charge is 0.457 e. The molecule has 1 aliphatic heterocycles. The quantitative estimate of drug-likeness (QED) is 0.575. The summed E-state index contributed by atoms with van der Waals surface area (Å²) in [5.74, 6) is 0.433. The number of hydrogen-bond acceptors (Lipinski definition) is 5. The number of benzene rings is 2. The van der Waals surface area contributed by atoms with Crippen LogP contribution in [0.3, 0.4) is 0 Å². The van der Waals surface area contributed by atoms with Crippen molar-refractivity contribution in [2.45, 2.75) is 30.0 Å². The summed E-state index contributed by atoms with van der Waals surface area (Å²) in [6.07, 6.45) is -3.00. The monoisotopic (exact) mass is 398 g/mol. The molecule has 2 aromatic rings. The first kappa shape index (κ1) is 19.5. The molecule has 2 aromatic carbocycles. The molecule has 1 fully saturated rings. The molecule has 5 nitrogen and oxygen atoms in total. The molecular formula is C18H17F3N2O3S. The fourth-order valence-electron chi connectivity index (χ4n) is 2.53. The van der Waals surface area contributed by atoms with E-state index in [1.54, 1.807) is 24.3 Å². The summed E-state index contributed by atoms with van der Waals surface area (Å²) in [6.45, 7) is 0.345. The van der Waals surface area contributed by atoms with Gasteiger partial charge in [-0.05, 0) is 73.3 Å². The fourth-order valence-corrected chi connectivity index (χ4v) is 3.30. The molecule has 0 aromatic heterocycles. The Bertz CT molecular complexity index is 782. The van der Waals surface area contributed by atoms with E-state index < -0.39 is 17.8 Å². The van der Waals surface area contributed by atoms with Gasteiger partial charge in [0.25, 0.3) is 5.91 Å². The molecular weight excluding hydrogens is 381 g/mol.